The lowest BCUT2D eigenvalue weighted by Crippen LogP contribution is -2.44. The van der Waals surface area contributed by atoms with Crippen LogP contribution in [0.15, 0.2) is 61.1 Å². The highest BCUT2D eigenvalue weighted by Gasteiger charge is 2.29. The Morgan fingerprint density at radius 2 is 1.71 bits per heavy atom. The number of aryl methyl sites for hydroxylation is 1. The van der Waals surface area contributed by atoms with E-state index in [1.54, 1.807) is 27.7 Å². The molecule has 3 rings (SSSR count). The summed E-state index contributed by atoms with van der Waals surface area (Å²) in [5.41, 5.74) is 2.84. The Labute approximate surface area is 222 Å². The number of hydrogen-bond acceptors (Lipinski definition) is 7. The molecule has 3 aromatic rings. The van der Waals surface area contributed by atoms with Crippen molar-refractivity contribution >= 4 is 34.2 Å². The van der Waals surface area contributed by atoms with Crippen LogP contribution in [0.3, 0.4) is 0 Å². The van der Waals surface area contributed by atoms with Crippen molar-refractivity contribution in [3.05, 3.63) is 72.3 Å². The number of Topliss-reactive ketones (excluding diaryl/α,β-unsaturated/α-hetero) is 2. The number of hydrogen-bond donors (Lipinski definition) is 2. The second-order valence-corrected chi connectivity index (χ2v) is 10.2. The van der Waals surface area contributed by atoms with E-state index in [1.165, 1.54) is 18.6 Å². The summed E-state index contributed by atoms with van der Waals surface area (Å²) in [4.78, 5) is 64.4. The molecule has 1 aromatic heterocycles. The zero-order chi connectivity index (χ0) is 27.7. The molecule has 0 saturated carbocycles. The first-order chi connectivity index (χ1) is 18.0. The number of benzene rings is 2. The number of hydroxylamine groups is 1. The summed E-state index contributed by atoms with van der Waals surface area (Å²) in [7, 11) is 0. The van der Waals surface area contributed by atoms with Gasteiger partial charge in [0.05, 0.1) is 23.8 Å². The minimum atomic E-state index is -1.03. The quantitative estimate of drug-likeness (QED) is 0.276. The van der Waals surface area contributed by atoms with Crippen molar-refractivity contribution in [1.29, 1.82) is 0 Å². The maximum atomic E-state index is 13.1. The fourth-order valence-electron chi connectivity index (χ4n) is 3.90. The van der Waals surface area contributed by atoms with Gasteiger partial charge in [0.1, 0.15) is 5.69 Å². The summed E-state index contributed by atoms with van der Waals surface area (Å²) in [6, 6.07) is 13.2. The third-order valence-electron chi connectivity index (χ3n) is 5.92. The molecule has 0 spiro atoms. The van der Waals surface area contributed by atoms with Gasteiger partial charge in [0, 0.05) is 31.7 Å². The van der Waals surface area contributed by atoms with Crippen molar-refractivity contribution in [3.8, 4) is 0 Å². The number of carbonyl (C=O) groups is 4. The van der Waals surface area contributed by atoms with E-state index in [9.17, 15) is 19.2 Å². The summed E-state index contributed by atoms with van der Waals surface area (Å²) in [5.74, 6) is -2.73. The molecule has 38 heavy (non-hydrogen) atoms. The second-order valence-electron chi connectivity index (χ2n) is 10.2. The SMILES string of the molecule is C[C@H](NC(=O)[C@H](CC(=O)NOC(C)(C)C)CC(=O)c1cnccn1)C(=O)CCc1cccc2ccccc12. The fraction of sp³-hybridized carbons (Fsp3) is 0.379. The molecule has 0 aliphatic rings. The Hall–Kier alpha value is -3.98. The molecule has 0 aliphatic carbocycles. The predicted molar refractivity (Wildman–Crippen MR) is 143 cm³/mol. The summed E-state index contributed by atoms with van der Waals surface area (Å²) in [6.45, 7) is 6.90. The van der Waals surface area contributed by atoms with Crippen LogP contribution in [0, 0.1) is 5.92 Å². The molecule has 0 bridgehead atoms. The van der Waals surface area contributed by atoms with Gasteiger partial charge >= 0.3 is 0 Å². The lowest BCUT2D eigenvalue weighted by atomic mass is 9.95. The fourth-order valence-corrected chi connectivity index (χ4v) is 3.90. The minimum Gasteiger partial charge on any atom is -0.346 e. The van der Waals surface area contributed by atoms with Gasteiger partial charge in [0.15, 0.2) is 11.6 Å². The summed E-state index contributed by atoms with van der Waals surface area (Å²) in [5, 5.41) is 4.88. The van der Waals surface area contributed by atoms with E-state index in [0.717, 1.165) is 16.3 Å². The molecule has 0 fully saturated rings. The zero-order valence-electron chi connectivity index (χ0n) is 22.2. The molecule has 2 N–H and O–H groups in total. The van der Waals surface area contributed by atoms with Crippen molar-refractivity contribution in [2.45, 2.75) is 65.0 Å². The monoisotopic (exact) mass is 518 g/mol. The van der Waals surface area contributed by atoms with Gasteiger partial charge in [-0.05, 0) is 50.5 Å². The van der Waals surface area contributed by atoms with E-state index in [0.29, 0.717) is 6.42 Å². The van der Waals surface area contributed by atoms with Crippen molar-refractivity contribution in [2.75, 3.05) is 0 Å². The summed E-state index contributed by atoms with van der Waals surface area (Å²) in [6.07, 6.45) is 4.31. The third kappa shape index (κ3) is 8.55. The van der Waals surface area contributed by atoms with E-state index in [4.69, 9.17) is 4.84 Å². The Kier molecular flexibility index (Phi) is 9.78. The largest absolute Gasteiger partial charge is 0.346 e. The lowest BCUT2D eigenvalue weighted by molar-refractivity contribution is -0.148. The minimum absolute atomic E-state index is 0.0934. The number of fused-ring (bicyclic) bond motifs is 1. The smallest absolute Gasteiger partial charge is 0.244 e. The molecule has 1 heterocycles. The van der Waals surface area contributed by atoms with Gasteiger partial charge in [0.25, 0.3) is 0 Å². The van der Waals surface area contributed by atoms with E-state index in [-0.39, 0.29) is 30.7 Å². The number of rotatable bonds is 12. The normalized spacial score (nSPS) is 12.9. The molecule has 2 aromatic carbocycles. The second kappa shape index (κ2) is 13.0. The van der Waals surface area contributed by atoms with Gasteiger partial charge in [0.2, 0.25) is 11.8 Å². The van der Waals surface area contributed by atoms with E-state index in [1.807, 2.05) is 42.5 Å². The molecular weight excluding hydrogens is 484 g/mol. The van der Waals surface area contributed by atoms with Gasteiger partial charge in [-0.2, -0.15) is 0 Å². The van der Waals surface area contributed by atoms with Crippen LogP contribution in [0.4, 0.5) is 0 Å². The van der Waals surface area contributed by atoms with Crippen LogP contribution < -0.4 is 10.8 Å². The number of aromatic nitrogens is 2. The first-order valence-corrected chi connectivity index (χ1v) is 12.6. The van der Waals surface area contributed by atoms with Gasteiger partial charge in [-0.15, -0.1) is 0 Å². The van der Waals surface area contributed by atoms with Crippen LogP contribution in [-0.2, 0) is 25.6 Å². The Morgan fingerprint density at radius 1 is 0.974 bits per heavy atom. The van der Waals surface area contributed by atoms with Gasteiger partial charge in [-0.25, -0.2) is 10.5 Å². The van der Waals surface area contributed by atoms with E-state index in [2.05, 4.69) is 20.8 Å². The standard InChI is InChI=1S/C29H34N4O5/c1-19(25(34)13-12-21-10-7-9-20-8-5-6-11-23(20)21)32-28(37)22(17-27(36)33-38-29(2,3)4)16-26(35)24-18-30-14-15-31-24/h5-11,14-15,18-19,22H,12-13,16-17H2,1-4H3,(H,32,37)(H,33,36)/t19-,22-/m0/s1. The average molecular weight is 519 g/mol. The van der Waals surface area contributed by atoms with Crippen molar-refractivity contribution < 1.29 is 24.0 Å². The highest BCUT2D eigenvalue weighted by atomic mass is 16.7. The molecule has 0 radical (unpaired) electrons. The van der Waals surface area contributed by atoms with Gasteiger partial charge < -0.3 is 5.32 Å². The molecule has 9 heteroatoms. The molecule has 2 amide bonds. The molecule has 0 aliphatic heterocycles. The topological polar surface area (TPSA) is 127 Å². The maximum Gasteiger partial charge on any atom is 0.244 e. The molecule has 2 atom stereocenters. The highest BCUT2D eigenvalue weighted by Crippen LogP contribution is 2.20. The Balaban J connectivity index is 1.64. The van der Waals surface area contributed by atoms with E-state index >= 15 is 0 Å². The molecule has 9 nitrogen and oxygen atoms in total. The predicted octanol–water partition coefficient (Wildman–Crippen LogP) is 3.76. The number of carbonyl (C=O) groups excluding carboxylic acids is 4. The molecule has 0 unspecified atom stereocenters. The molecule has 200 valence electrons. The molecule has 0 saturated heterocycles. The van der Waals surface area contributed by atoms with Crippen LogP contribution in [0.2, 0.25) is 0 Å². The third-order valence-corrected chi connectivity index (χ3v) is 5.92. The first-order valence-electron chi connectivity index (χ1n) is 12.6. The van der Waals surface area contributed by atoms with E-state index < -0.39 is 35.2 Å². The number of amides is 2. The van der Waals surface area contributed by atoms with Crippen LogP contribution >= 0.6 is 0 Å². The van der Waals surface area contributed by atoms with Crippen LogP contribution in [0.5, 0.6) is 0 Å². The summed E-state index contributed by atoms with van der Waals surface area (Å²) < 4.78 is 0. The van der Waals surface area contributed by atoms with Crippen LogP contribution in [0.1, 0.15) is 63.0 Å². The van der Waals surface area contributed by atoms with Crippen molar-refractivity contribution in [3.63, 3.8) is 0 Å². The zero-order valence-corrected chi connectivity index (χ0v) is 22.2. The number of nitrogens with one attached hydrogen (secondary N) is 2. The maximum absolute atomic E-state index is 13.1. The highest BCUT2D eigenvalue weighted by molar-refractivity contribution is 5.99. The average Bonchev–Trinajstić information content (AvgIpc) is 2.90. The van der Waals surface area contributed by atoms with Gasteiger partial charge in [-0.1, -0.05) is 42.5 Å². The Bertz CT molecular complexity index is 1280. The number of nitrogens with zero attached hydrogens (tertiary/aromatic N) is 2. The number of ketones is 2. The summed E-state index contributed by atoms with van der Waals surface area (Å²) >= 11 is 0. The van der Waals surface area contributed by atoms with Crippen LogP contribution in [0.25, 0.3) is 10.8 Å². The first kappa shape index (κ1) is 28.6. The molecular formula is C29H34N4O5. The lowest BCUT2D eigenvalue weighted by Gasteiger charge is -2.22. The van der Waals surface area contributed by atoms with Gasteiger partial charge in [-0.3, -0.25) is 29.0 Å². The van der Waals surface area contributed by atoms with Crippen molar-refractivity contribution in [1.82, 2.24) is 20.8 Å². The van der Waals surface area contributed by atoms with Crippen molar-refractivity contribution in [2.24, 2.45) is 5.92 Å². The Morgan fingerprint density at radius 3 is 2.42 bits per heavy atom. The van der Waals surface area contributed by atoms with Crippen LogP contribution in [-0.4, -0.2) is 45.0 Å².